The number of hydrogen-bond donors (Lipinski definition) is 1. The summed E-state index contributed by atoms with van der Waals surface area (Å²) in [5.74, 6) is 1.15. The molecule has 0 aromatic carbocycles. The first-order valence-corrected chi connectivity index (χ1v) is 9.05. The van der Waals surface area contributed by atoms with Crippen molar-refractivity contribution >= 4 is 24.4 Å². The topological polar surface area (TPSA) is 51.2 Å². The van der Waals surface area contributed by atoms with Crippen LogP contribution in [0.25, 0.3) is 0 Å². The minimum absolute atomic E-state index is 0.0123. The molecule has 6 nitrogen and oxygen atoms in total. The van der Waals surface area contributed by atoms with Crippen LogP contribution in [-0.4, -0.2) is 98.3 Å². The first-order valence-electron chi connectivity index (χ1n) is 8.00. The number of hydrogen-bond acceptors (Lipinski definition) is 6. The molecule has 1 fully saturated rings. The standard InChI is InChI=1S/C15H31N5OS/c1-14(15(21)19(4)17-7-6-16-2)22-13-5-8-20-11-9-18(3)10-12-20/h14,17H,2,5-13H2,1,3-4H3/t14-/m0/s1. The summed E-state index contributed by atoms with van der Waals surface area (Å²) >= 11 is 1.74. The fourth-order valence-corrected chi connectivity index (χ4v) is 3.29. The second-order valence-electron chi connectivity index (χ2n) is 5.76. The monoisotopic (exact) mass is 329 g/mol. The van der Waals surface area contributed by atoms with E-state index in [4.69, 9.17) is 0 Å². The lowest BCUT2D eigenvalue weighted by Gasteiger charge is -2.32. The molecule has 1 rings (SSSR count). The number of thioether (sulfide) groups is 1. The number of aliphatic imine (C=N–C) groups is 1. The molecule has 1 saturated heterocycles. The van der Waals surface area contributed by atoms with E-state index >= 15 is 0 Å². The Hall–Kier alpha value is -0.630. The molecule has 1 atom stereocenters. The lowest BCUT2D eigenvalue weighted by Crippen LogP contribution is -2.45. The van der Waals surface area contributed by atoms with E-state index in [1.165, 1.54) is 13.1 Å². The highest BCUT2D eigenvalue weighted by Crippen LogP contribution is 2.14. The van der Waals surface area contributed by atoms with E-state index in [2.05, 4.69) is 34.0 Å². The molecule has 0 saturated carbocycles. The van der Waals surface area contributed by atoms with Gasteiger partial charge in [-0.15, -0.1) is 11.8 Å². The van der Waals surface area contributed by atoms with Crippen LogP contribution >= 0.6 is 11.8 Å². The lowest BCUT2D eigenvalue weighted by atomic mass is 10.3. The summed E-state index contributed by atoms with van der Waals surface area (Å²) < 4.78 is 0. The van der Waals surface area contributed by atoms with Crippen molar-refractivity contribution in [3.63, 3.8) is 0 Å². The third-order valence-corrected chi connectivity index (χ3v) is 5.11. The van der Waals surface area contributed by atoms with Crippen molar-refractivity contribution in [1.82, 2.24) is 20.2 Å². The largest absolute Gasteiger partial charge is 0.304 e. The van der Waals surface area contributed by atoms with Gasteiger partial charge in [-0.3, -0.25) is 14.8 Å². The predicted octanol–water partition coefficient (Wildman–Crippen LogP) is 0.409. The van der Waals surface area contributed by atoms with Crippen molar-refractivity contribution in [1.29, 1.82) is 0 Å². The summed E-state index contributed by atoms with van der Waals surface area (Å²) in [5.41, 5.74) is 3.03. The number of rotatable bonds is 10. The molecule has 0 bridgehead atoms. The Morgan fingerprint density at radius 3 is 2.73 bits per heavy atom. The third kappa shape index (κ3) is 7.58. The van der Waals surface area contributed by atoms with E-state index in [1.807, 2.05) is 6.92 Å². The molecule has 0 unspecified atom stereocenters. The maximum Gasteiger partial charge on any atom is 0.249 e. The van der Waals surface area contributed by atoms with Crippen molar-refractivity contribution in [2.75, 3.05) is 65.7 Å². The fraction of sp³-hybridized carbons (Fsp3) is 0.867. The van der Waals surface area contributed by atoms with Crippen molar-refractivity contribution in [3.05, 3.63) is 0 Å². The first kappa shape index (κ1) is 19.4. The van der Waals surface area contributed by atoms with Gasteiger partial charge in [-0.1, -0.05) is 0 Å². The quantitative estimate of drug-likeness (QED) is 0.357. The molecule has 0 radical (unpaired) electrons. The number of hydrazine groups is 1. The Kier molecular flexibility index (Phi) is 9.70. The van der Waals surface area contributed by atoms with E-state index in [1.54, 1.807) is 23.8 Å². The van der Waals surface area contributed by atoms with Gasteiger partial charge in [-0.25, -0.2) is 5.43 Å². The van der Waals surface area contributed by atoms with E-state index in [-0.39, 0.29) is 11.2 Å². The first-order chi connectivity index (χ1) is 10.5. The average Bonchev–Trinajstić information content (AvgIpc) is 2.52. The average molecular weight is 330 g/mol. The van der Waals surface area contributed by atoms with Crippen LogP contribution in [-0.2, 0) is 4.79 Å². The molecule has 128 valence electrons. The van der Waals surface area contributed by atoms with E-state index in [0.29, 0.717) is 13.1 Å². The van der Waals surface area contributed by atoms with Gasteiger partial charge < -0.3 is 9.80 Å². The summed E-state index contributed by atoms with van der Waals surface area (Å²) in [4.78, 5) is 20.8. The zero-order chi connectivity index (χ0) is 16.4. The van der Waals surface area contributed by atoms with Crippen molar-refractivity contribution in [2.24, 2.45) is 4.99 Å². The lowest BCUT2D eigenvalue weighted by molar-refractivity contribution is -0.131. The number of nitrogens with one attached hydrogen (secondary N) is 1. The van der Waals surface area contributed by atoms with Gasteiger partial charge in [0.25, 0.3) is 0 Å². The van der Waals surface area contributed by atoms with Gasteiger partial charge in [0, 0.05) is 39.8 Å². The summed E-state index contributed by atoms with van der Waals surface area (Å²) in [6.07, 6.45) is 1.14. The summed E-state index contributed by atoms with van der Waals surface area (Å²) in [6.45, 7) is 12.5. The van der Waals surface area contributed by atoms with E-state index in [0.717, 1.165) is 31.8 Å². The predicted molar refractivity (Wildman–Crippen MR) is 95.7 cm³/mol. The van der Waals surface area contributed by atoms with Crippen molar-refractivity contribution < 1.29 is 4.79 Å². The highest BCUT2D eigenvalue weighted by Gasteiger charge is 2.18. The fourth-order valence-electron chi connectivity index (χ4n) is 2.34. The molecule has 0 aliphatic carbocycles. The van der Waals surface area contributed by atoms with Gasteiger partial charge in [0.2, 0.25) is 5.91 Å². The van der Waals surface area contributed by atoms with Crippen LogP contribution in [0, 0.1) is 0 Å². The molecule has 1 aliphatic heterocycles. The smallest absolute Gasteiger partial charge is 0.249 e. The molecule has 7 heteroatoms. The van der Waals surface area contributed by atoms with Gasteiger partial charge in [-0.2, -0.15) is 0 Å². The van der Waals surface area contributed by atoms with Gasteiger partial charge in [0.05, 0.1) is 11.8 Å². The van der Waals surface area contributed by atoms with Crippen molar-refractivity contribution in [3.8, 4) is 0 Å². The van der Waals surface area contributed by atoms with Crippen LogP contribution in [0.2, 0.25) is 0 Å². The normalized spacial score (nSPS) is 18.1. The third-order valence-electron chi connectivity index (χ3n) is 3.88. The van der Waals surface area contributed by atoms with Gasteiger partial charge >= 0.3 is 0 Å². The van der Waals surface area contributed by atoms with Crippen LogP contribution in [0.4, 0.5) is 0 Å². The molecule has 0 aromatic heterocycles. The Balaban J connectivity index is 2.10. The molecule has 0 aromatic rings. The van der Waals surface area contributed by atoms with Gasteiger partial charge in [0.1, 0.15) is 0 Å². The minimum Gasteiger partial charge on any atom is -0.304 e. The zero-order valence-electron chi connectivity index (χ0n) is 14.3. The molecule has 0 spiro atoms. The summed E-state index contributed by atoms with van der Waals surface area (Å²) in [7, 11) is 3.95. The molecular weight excluding hydrogens is 298 g/mol. The second-order valence-corrected chi connectivity index (χ2v) is 7.21. The molecular formula is C15H31N5OS. The maximum absolute atomic E-state index is 12.1. The van der Waals surface area contributed by atoms with Gasteiger partial charge in [-0.05, 0) is 39.4 Å². The number of nitrogens with zero attached hydrogens (tertiary/aromatic N) is 4. The summed E-state index contributed by atoms with van der Waals surface area (Å²) in [6, 6.07) is 0. The molecule has 1 heterocycles. The van der Waals surface area contributed by atoms with Crippen LogP contribution in [0.15, 0.2) is 4.99 Å². The van der Waals surface area contributed by atoms with Crippen LogP contribution in [0.1, 0.15) is 13.3 Å². The number of carbonyl (C=O) groups excluding carboxylic acids is 1. The van der Waals surface area contributed by atoms with E-state index in [9.17, 15) is 4.79 Å². The number of piperazine rings is 1. The number of likely N-dealkylation sites (N-methyl/N-ethyl adjacent to an activating group) is 1. The number of amides is 1. The maximum atomic E-state index is 12.1. The molecule has 1 N–H and O–H groups in total. The van der Waals surface area contributed by atoms with E-state index < -0.39 is 0 Å². The molecule has 22 heavy (non-hydrogen) atoms. The van der Waals surface area contributed by atoms with Crippen LogP contribution in [0.5, 0.6) is 0 Å². The number of carbonyl (C=O) groups is 1. The Morgan fingerprint density at radius 2 is 2.09 bits per heavy atom. The summed E-state index contributed by atoms with van der Waals surface area (Å²) in [5, 5.41) is 1.56. The van der Waals surface area contributed by atoms with Gasteiger partial charge in [0.15, 0.2) is 0 Å². The molecule has 1 amide bonds. The van der Waals surface area contributed by atoms with Crippen LogP contribution in [0.3, 0.4) is 0 Å². The Bertz CT molecular complexity index is 334. The Labute approximate surface area is 139 Å². The Morgan fingerprint density at radius 1 is 1.41 bits per heavy atom. The van der Waals surface area contributed by atoms with Crippen molar-refractivity contribution in [2.45, 2.75) is 18.6 Å². The highest BCUT2D eigenvalue weighted by molar-refractivity contribution is 8.00. The minimum atomic E-state index is -0.0123. The highest BCUT2D eigenvalue weighted by atomic mass is 32.2. The second kappa shape index (κ2) is 11.0. The SMILES string of the molecule is C=NCCNN(C)C(=O)[C@H](C)SCCCN1CCN(C)CC1. The van der Waals surface area contributed by atoms with Crippen LogP contribution < -0.4 is 5.43 Å². The zero-order valence-corrected chi connectivity index (χ0v) is 15.1. The molecule has 1 aliphatic rings.